The summed E-state index contributed by atoms with van der Waals surface area (Å²) in [7, 11) is 0. The Kier molecular flexibility index (Phi) is 6.52. The van der Waals surface area contributed by atoms with Crippen molar-refractivity contribution in [3.63, 3.8) is 0 Å². The number of carbonyl (C=O) groups excluding carboxylic acids is 1. The van der Waals surface area contributed by atoms with Gasteiger partial charge in [-0.3, -0.25) is 9.69 Å². The number of piperidine rings is 1. The van der Waals surface area contributed by atoms with Crippen LogP contribution in [0.1, 0.15) is 29.6 Å². The van der Waals surface area contributed by atoms with Crippen molar-refractivity contribution in [3.8, 4) is 38.8 Å². The van der Waals surface area contributed by atoms with E-state index >= 15 is 0 Å². The van der Waals surface area contributed by atoms with E-state index in [4.69, 9.17) is 4.74 Å². The molecule has 3 aromatic carbocycles. The lowest BCUT2D eigenvalue weighted by Crippen LogP contribution is -2.33. The number of phenols is 2. The minimum absolute atomic E-state index is 0.194. The number of nitrogens with zero attached hydrogens (tertiary/aromatic N) is 1. The maximum Gasteiger partial charge on any atom is 0.150 e. The Bertz CT molecular complexity index is 1310. The van der Waals surface area contributed by atoms with Crippen molar-refractivity contribution in [2.45, 2.75) is 19.3 Å². The molecule has 174 valence electrons. The third-order valence-corrected chi connectivity index (χ3v) is 7.55. The smallest absolute Gasteiger partial charge is 0.150 e. The number of likely N-dealkylation sites (tertiary alicyclic amines) is 1. The Hall–Kier alpha value is -3.35. The lowest BCUT2D eigenvalue weighted by Gasteiger charge is -2.26. The number of rotatable bonds is 7. The molecule has 5 rings (SSSR count). The molecule has 34 heavy (non-hydrogen) atoms. The highest BCUT2D eigenvalue weighted by Crippen LogP contribution is 2.49. The molecule has 5 nitrogen and oxygen atoms in total. The molecule has 1 saturated heterocycles. The minimum atomic E-state index is 0.194. The summed E-state index contributed by atoms with van der Waals surface area (Å²) in [6, 6.07) is 17.9. The SMILES string of the molecule is O=Cc1cccc(OCCN2CCCCC2)c1-c1c(-c2ccc(O)cc2)sc2cc(O)ccc12. The van der Waals surface area contributed by atoms with Gasteiger partial charge in [0.05, 0.1) is 0 Å². The number of thiophene rings is 1. The number of hydrogen-bond acceptors (Lipinski definition) is 6. The van der Waals surface area contributed by atoms with Crippen molar-refractivity contribution in [2.24, 2.45) is 0 Å². The fourth-order valence-corrected chi connectivity index (χ4v) is 5.90. The van der Waals surface area contributed by atoms with Crippen LogP contribution in [-0.2, 0) is 0 Å². The molecule has 4 aromatic rings. The molecule has 6 heteroatoms. The number of fused-ring (bicyclic) bond motifs is 1. The van der Waals surface area contributed by atoms with E-state index in [1.807, 2.05) is 36.4 Å². The predicted octanol–water partition coefficient (Wildman–Crippen LogP) is 6.32. The third kappa shape index (κ3) is 4.52. The van der Waals surface area contributed by atoms with Gasteiger partial charge in [-0.2, -0.15) is 0 Å². The highest BCUT2D eigenvalue weighted by molar-refractivity contribution is 7.23. The first-order chi connectivity index (χ1) is 16.6. The van der Waals surface area contributed by atoms with E-state index in [1.165, 1.54) is 19.3 Å². The molecule has 1 aliphatic heterocycles. The number of carbonyl (C=O) groups is 1. The Morgan fingerprint density at radius 3 is 2.44 bits per heavy atom. The number of aldehydes is 1. The van der Waals surface area contributed by atoms with Crippen LogP contribution >= 0.6 is 11.3 Å². The lowest BCUT2D eigenvalue weighted by atomic mass is 9.94. The van der Waals surface area contributed by atoms with Gasteiger partial charge in [0.1, 0.15) is 23.9 Å². The van der Waals surface area contributed by atoms with E-state index in [2.05, 4.69) is 4.90 Å². The fourth-order valence-electron chi connectivity index (χ4n) is 4.65. The van der Waals surface area contributed by atoms with Gasteiger partial charge in [0.15, 0.2) is 6.29 Å². The monoisotopic (exact) mass is 473 g/mol. The normalized spacial score (nSPS) is 14.4. The zero-order valence-electron chi connectivity index (χ0n) is 18.9. The first kappa shape index (κ1) is 22.4. The van der Waals surface area contributed by atoms with Gasteiger partial charge in [0.25, 0.3) is 0 Å². The van der Waals surface area contributed by atoms with Crippen molar-refractivity contribution < 1.29 is 19.7 Å². The van der Waals surface area contributed by atoms with Crippen LogP contribution in [0.25, 0.3) is 31.7 Å². The summed E-state index contributed by atoms with van der Waals surface area (Å²) in [6.07, 6.45) is 4.63. The van der Waals surface area contributed by atoms with E-state index in [1.54, 1.807) is 35.6 Å². The molecule has 0 aliphatic carbocycles. The molecule has 0 atom stereocenters. The fraction of sp³-hybridized carbons (Fsp3) is 0.250. The molecular formula is C28H27NO4S. The Balaban J connectivity index is 1.61. The average molecular weight is 474 g/mol. The molecule has 0 amide bonds. The number of ether oxygens (including phenoxy) is 1. The second-order valence-corrected chi connectivity index (χ2v) is 9.67. The van der Waals surface area contributed by atoms with Crippen LogP contribution in [0.5, 0.6) is 17.2 Å². The summed E-state index contributed by atoms with van der Waals surface area (Å²) in [4.78, 5) is 15.5. The topological polar surface area (TPSA) is 70.0 Å². The van der Waals surface area contributed by atoms with Crippen molar-refractivity contribution in [3.05, 3.63) is 66.2 Å². The molecule has 2 N–H and O–H groups in total. The quantitative estimate of drug-likeness (QED) is 0.307. The molecule has 1 aliphatic rings. The van der Waals surface area contributed by atoms with Crippen LogP contribution in [0.3, 0.4) is 0 Å². The molecule has 0 spiro atoms. The first-order valence-corrected chi connectivity index (χ1v) is 12.4. The van der Waals surface area contributed by atoms with Gasteiger partial charge in [-0.25, -0.2) is 0 Å². The van der Waals surface area contributed by atoms with Crippen molar-refractivity contribution in [1.82, 2.24) is 4.90 Å². The van der Waals surface area contributed by atoms with Crippen LogP contribution < -0.4 is 4.74 Å². The summed E-state index contributed by atoms with van der Waals surface area (Å²) in [6.45, 7) is 3.61. The van der Waals surface area contributed by atoms with Gasteiger partial charge >= 0.3 is 0 Å². The molecule has 0 unspecified atom stereocenters. The zero-order chi connectivity index (χ0) is 23.5. The largest absolute Gasteiger partial charge is 0.508 e. The minimum Gasteiger partial charge on any atom is -0.508 e. The number of aromatic hydroxyl groups is 2. The average Bonchev–Trinajstić information content (AvgIpc) is 3.23. The molecule has 2 heterocycles. The maximum atomic E-state index is 12.1. The summed E-state index contributed by atoms with van der Waals surface area (Å²) in [5.74, 6) is 1.06. The summed E-state index contributed by atoms with van der Waals surface area (Å²) >= 11 is 1.54. The molecular weight excluding hydrogens is 446 g/mol. The van der Waals surface area contributed by atoms with Crippen LogP contribution in [0.15, 0.2) is 60.7 Å². The standard InChI is InChI=1S/C28H27NO4S/c30-18-20-5-4-6-24(33-16-15-29-13-2-1-3-14-29)26(20)27-23-12-11-22(32)17-25(23)34-28(27)19-7-9-21(31)10-8-19/h4-12,17-18,31-32H,1-3,13-16H2. The zero-order valence-corrected chi connectivity index (χ0v) is 19.7. The molecule has 1 fully saturated rings. The summed E-state index contributed by atoms with van der Waals surface area (Å²) in [5, 5.41) is 20.8. The second kappa shape index (κ2) is 9.87. The Morgan fingerprint density at radius 1 is 0.912 bits per heavy atom. The highest BCUT2D eigenvalue weighted by Gasteiger charge is 2.22. The molecule has 0 bridgehead atoms. The highest BCUT2D eigenvalue weighted by atomic mass is 32.1. The van der Waals surface area contributed by atoms with E-state index < -0.39 is 0 Å². The van der Waals surface area contributed by atoms with Crippen LogP contribution in [0.4, 0.5) is 0 Å². The van der Waals surface area contributed by atoms with Gasteiger partial charge in [0.2, 0.25) is 0 Å². The van der Waals surface area contributed by atoms with E-state index in [0.717, 1.165) is 57.6 Å². The van der Waals surface area contributed by atoms with Crippen LogP contribution in [0.2, 0.25) is 0 Å². The maximum absolute atomic E-state index is 12.1. The van der Waals surface area contributed by atoms with Crippen molar-refractivity contribution >= 4 is 27.7 Å². The van der Waals surface area contributed by atoms with E-state index in [-0.39, 0.29) is 11.5 Å². The second-order valence-electron chi connectivity index (χ2n) is 8.62. The van der Waals surface area contributed by atoms with Crippen LogP contribution in [0, 0.1) is 0 Å². The lowest BCUT2D eigenvalue weighted by molar-refractivity contribution is 0.112. The van der Waals surface area contributed by atoms with Gasteiger partial charge < -0.3 is 14.9 Å². The Morgan fingerprint density at radius 2 is 1.68 bits per heavy atom. The molecule has 0 radical (unpaired) electrons. The predicted molar refractivity (Wildman–Crippen MR) is 137 cm³/mol. The van der Waals surface area contributed by atoms with Gasteiger partial charge in [-0.05, 0) is 80.0 Å². The van der Waals surface area contributed by atoms with Gasteiger partial charge in [0, 0.05) is 38.2 Å². The number of benzene rings is 3. The van der Waals surface area contributed by atoms with Crippen LogP contribution in [-0.4, -0.2) is 47.6 Å². The van der Waals surface area contributed by atoms with Crippen molar-refractivity contribution in [1.29, 1.82) is 0 Å². The van der Waals surface area contributed by atoms with Gasteiger partial charge in [-0.1, -0.05) is 18.6 Å². The summed E-state index contributed by atoms with van der Waals surface area (Å²) < 4.78 is 7.22. The first-order valence-electron chi connectivity index (χ1n) is 11.6. The molecule has 0 saturated carbocycles. The van der Waals surface area contributed by atoms with E-state index in [9.17, 15) is 15.0 Å². The number of hydrogen-bond donors (Lipinski definition) is 2. The summed E-state index contributed by atoms with van der Waals surface area (Å²) in [5.41, 5.74) is 3.15. The van der Waals surface area contributed by atoms with Crippen molar-refractivity contribution in [2.75, 3.05) is 26.2 Å². The van der Waals surface area contributed by atoms with Gasteiger partial charge in [-0.15, -0.1) is 11.3 Å². The number of phenolic OH excluding ortho intramolecular Hbond substituents is 2. The van der Waals surface area contributed by atoms with E-state index in [0.29, 0.717) is 17.9 Å². The Labute approximate surface area is 202 Å². The third-order valence-electron chi connectivity index (χ3n) is 6.35. The molecule has 1 aromatic heterocycles.